The maximum Gasteiger partial charge on any atom is 0.0319 e. The molecule has 0 aliphatic heterocycles. The molecule has 2 heteroatoms. The van der Waals surface area contributed by atoms with Crippen LogP contribution in [-0.4, -0.2) is 0 Å². The van der Waals surface area contributed by atoms with Gasteiger partial charge in [0.15, 0.2) is 0 Å². The Hall–Kier alpha value is -1.96. The van der Waals surface area contributed by atoms with Crippen LogP contribution in [0.4, 0.5) is 11.4 Å². The van der Waals surface area contributed by atoms with E-state index in [1.807, 2.05) is 0 Å². The van der Waals surface area contributed by atoms with Crippen LogP contribution in [0.15, 0.2) is 24.3 Å². The summed E-state index contributed by atoms with van der Waals surface area (Å²) in [6.45, 7) is 8.84. The van der Waals surface area contributed by atoms with E-state index < -0.39 is 0 Å². The number of benzene rings is 2. The minimum absolute atomic E-state index is 0.115. The van der Waals surface area contributed by atoms with E-state index in [0.717, 1.165) is 11.4 Å². The molecule has 3 rings (SSSR count). The van der Waals surface area contributed by atoms with E-state index in [1.165, 1.54) is 59.1 Å². The van der Waals surface area contributed by atoms with E-state index in [-0.39, 0.29) is 5.41 Å². The smallest absolute Gasteiger partial charge is 0.0319 e. The van der Waals surface area contributed by atoms with Gasteiger partial charge in [-0.2, -0.15) is 0 Å². The van der Waals surface area contributed by atoms with E-state index in [2.05, 4.69) is 52.0 Å². The van der Waals surface area contributed by atoms with Gasteiger partial charge in [-0.1, -0.05) is 12.8 Å². The molecule has 0 atom stereocenters. The summed E-state index contributed by atoms with van der Waals surface area (Å²) in [6.07, 6.45) is 4.99. The van der Waals surface area contributed by atoms with Crippen LogP contribution >= 0.6 is 0 Å². The summed E-state index contributed by atoms with van der Waals surface area (Å²) < 4.78 is 0. The van der Waals surface area contributed by atoms with Crippen molar-refractivity contribution in [2.45, 2.75) is 58.8 Å². The van der Waals surface area contributed by atoms with Crippen molar-refractivity contribution < 1.29 is 0 Å². The van der Waals surface area contributed by atoms with Crippen LogP contribution in [0.2, 0.25) is 0 Å². The summed E-state index contributed by atoms with van der Waals surface area (Å²) in [5.41, 5.74) is 22.2. The van der Waals surface area contributed by atoms with Crippen LogP contribution in [0.25, 0.3) is 0 Å². The highest BCUT2D eigenvalue weighted by Gasteiger charge is 2.41. The number of hydrogen-bond acceptors (Lipinski definition) is 2. The monoisotopic (exact) mass is 308 g/mol. The van der Waals surface area contributed by atoms with Crippen molar-refractivity contribution in [2.24, 2.45) is 0 Å². The van der Waals surface area contributed by atoms with Crippen molar-refractivity contribution in [1.29, 1.82) is 0 Å². The third-order valence-corrected chi connectivity index (χ3v) is 5.52. The Labute approximate surface area is 139 Å². The van der Waals surface area contributed by atoms with Crippen LogP contribution in [0.3, 0.4) is 0 Å². The van der Waals surface area contributed by atoms with E-state index in [9.17, 15) is 0 Å². The minimum atomic E-state index is 0.115. The number of aryl methyl sites for hydroxylation is 4. The van der Waals surface area contributed by atoms with Crippen molar-refractivity contribution in [3.05, 3.63) is 57.6 Å². The Bertz CT molecular complexity index is 647. The fourth-order valence-corrected chi connectivity index (χ4v) is 5.11. The molecule has 0 aromatic heterocycles. The van der Waals surface area contributed by atoms with Crippen LogP contribution in [0.1, 0.15) is 59.1 Å². The van der Waals surface area contributed by atoms with E-state index in [4.69, 9.17) is 11.5 Å². The molecular formula is C21H28N2. The van der Waals surface area contributed by atoms with Crippen molar-refractivity contribution >= 4 is 11.4 Å². The summed E-state index contributed by atoms with van der Waals surface area (Å²) in [6, 6.07) is 8.52. The van der Waals surface area contributed by atoms with Crippen LogP contribution in [0.5, 0.6) is 0 Å². The van der Waals surface area contributed by atoms with Gasteiger partial charge in [0, 0.05) is 16.8 Å². The molecule has 0 heterocycles. The molecule has 1 saturated carbocycles. The zero-order chi connectivity index (χ0) is 16.8. The lowest BCUT2D eigenvalue weighted by molar-refractivity contribution is 0.523. The lowest BCUT2D eigenvalue weighted by atomic mass is 9.67. The Kier molecular flexibility index (Phi) is 3.87. The fourth-order valence-electron chi connectivity index (χ4n) is 5.11. The standard InChI is InChI=1S/C21H28N2/c1-13-9-17(22)10-14(2)19(13)21(7-5-6-8-21)20-15(3)11-18(23)12-16(20)4/h9-12H,5-8,22-23H2,1-4H3. The molecule has 1 fully saturated rings. The highest BCUT2D eigenvalue weighted by atomic mass is 14.6. The molecule has 122 valence electrons. The topological polar surface area (TPSA) is 52.0 Å². The fraction of sp³-hybridized carbons (Fsp3) is 0.429. The zero-order valence-corrected chi connectivity index (χ0v) is 14.8. The van der Waals surface area contributed by atoms with Gasteiger partial charge in [-0.25, -0.2) is 0 Å². The second-order valence-electron chi connectivity index (χ2n) is 7.35. The largest absolute Gasteiger partial charge is 0.399 e. The first-order chi connectivity index (χ1) is 10.8. The van der Waals surface area contributed by atoms with Crippen LogP contribution in [0, 0.1) is 27.7 Å². The Morgan fingerprint density at radius 2 is 0.957 bits per heavy atom. The molecule has 0 bridgehead atoms. The molecule has 2 aromatic rings. The highest BCUT2D eigenvalue weighted by molar-refractivity contribution is 5.60. The molecule has 1 aliphatic rings. The van der Waals surface area contributed by atoms with Gasteiger partial charge in [-0.15, -0.1) is 0 Å². The summed E-state index contributed by atoms with van der Waals surface area (Å²) in [7, 11) is 0. The molecule has 1 aliphatic carbocycles. The summed E-state index contributed by atoms with van der Waals surface area (Å²) >= 11 is 0. The van der Waals surface area contributed by atoms with Crippen molar-refractivity contribution in [1.82, 2.24) is 0 Å². The Morgan fingerprint density at radius 3 is 1.26 bits per heavy atom. The second-order valence-corrected chi connectivity index (χ2v) is 7.35. The third kappa shape index (κ3) is 2.50. The number of rotatable bonds is 2. The molecule has 0 saturated heterocycles. The minimum Gasteiger partial charge on any atom is -0.399 e. The Balaban J connectivity index is 2.32. The molecule has 23 heavy (non-hydrogen) atoms. The van der Waals surface area contributed by atoms with E-state index in [0.29, 0.717) is 0 Å². The van der Waals surface area contributed by atoms with Gasteiger partial charge >= 0.3 is 0 Å². The molecule has 0 spiro atoms. The van der Waals surface area contributed by atoms with E-state index >= 15 is 0 Å². The van der Waals surface area contributed by atoms with Crippen molar-refractivity contribution in [2.75, 3.05) is 11.5 Å². The van der Waals surface area contributed by atoms with Gasteiger partial charge in [0.2, 0.25) is 0 Å². The zero-order valence-electron chi connectivity index (χ0n) is 14.8. The molecule has 2 nitrogen and oxygen atoms in total. The molecule has 0 amide bonds. The van der Waals surface area contributed by atoms with Gasteiger partial charge in [-0.3, -0.25) is 0 Å². The maximum atomic E-state index is 6.07. The quantitative estimate of drug-likeness (QED) is 0.772. The highest BCUT2D eigenvalue weighted by Crippen LogP contribution is 2.51. The number of nitrogens with two attached hydrogens (primary N) is 2. The first-order valence-corrected chi connectivity index (χ1v) is 8.59. The first kappa shape index (κ1) is 15.9. The molecular weight excluding hydrogens is 280 g/mol. The Morgan fingerprint density at radius 1 is 0.652 bits per heavy atom. The van der Waals surface area contributed by atoms with Crippen molar-refractivity contribution in [3.63, 3.8) is 0 Å². The maximum absolute atomic E-state index is 6.07. The molecule has 0 unspecified atom stereocenters. The van der Waals surface area contributed by atoms with E-state index in [1.54, 1.807) is 0 Å². The predicted molar refractivity (Wildman–Crippen MR) is 99.9 cm³/mol. The van der Waals surface area contributed by atoms with Crippen LogP contribution in [-0.2, 0) is 5.41 Å². The summed E-state index contributed by atoms with van der Waals surface area (Å²) in [5.74, 6) is 0. The average Bonchev–Trinajstić information content (AvgIpc) is 2.85. The molecule has 2 aromatic carbocycles. The van der Waals surface area contributed by atoms with Gasteiger partial charge < -0.3 is 11.5 Å². The first-order valence-electron chi connectivity index (χ1n) is 8.59. The summed E-state index contributed by atoms with van der Waals surface area (Å²) in [4.78, 5) is 0. The molecule has 0 radical (unpaired) electrons. The lowest BCUT2D eigenvalue weighted by Crippen LogP contribution is -2.28. The average molecular weight is 308 g/mol. The van der Waals surface area contributed by atoms with Gasteiger partial charge in [0.25, 0.3) is 0 Å². The van der Waals surface area contributed by atoms with Gasteiger partial charge in [-0.05, 0) is 98.2 Å². The SMILES string of the molecule is Cc1cc(N)cc(C)c1C1(c2c(C)cc(N)cc2C)CCCC1. The number of nitrogen functional groups attached to an aromatic ring is 2. The third-order valence-electron chi connectivity index (χ3n) is 5.52. The number of hydrogen-bond donors (Lipinski definition) is 2. The van der Waals surface area contributed by atoms with Crippen LogP contribution < -0.4 is 11.5 Å². The van der Waals surface area contributed by atoms with Crippen molar-refractivity contribution in [3.8, 4) is 0 Å². The normalized spacial score (nSPS) is 16.7. The van der Waals surface area contributed by atoms with Gasteiger partial charge in [0.05, 0.1) is 0 Å². The lowest BCUT2D eigenvalue weighted by Gasteiger charge is -2.36. The molecule has 4 N–H and O–H groups in total. The second kappa shape index (κ2) is 5.59. The van der Waals surface area contributed by atoms with Gasteiger partial charge in [0.1, 0.15) is 0 Å². The summed E-state index contributed by atoms with van der Waals surface area (Å²) in [5, 5.41) is 0. The predicted octanol–water partition coefficient (Wildman–Crippen LogP) is 4.94. The number of anilines is 2.